The summed E-state index contributed by atoms with van der Waals surface area (Å²) in [4.78, 5) is 14.2. The minimum Gasteiger partial charge on any atom is -0.375 e. The average molecular weight is 244 g/mol. The number of rotatable bonds is 3. The van der Waals surface area contributed by atoms with Crippen LogP contribution in [-0.2, 0) is 4.79 Å². The second kappa shape index (κ2) is 5.71. The summed E-state index contributed by atoms with van der Waals surface area (Å²) < 4.78 is 0. The average Bonchev–Trinajstić information content (AvgIpc) is 2.85. The molecule has 1 N–H and O–H groups in total. The normalized spacial score (nSPS) is 15.9. The SMILES string of the molecule is C/C(=C/C(=O)Nc1ccccc1C)N1CCCC1. The van der Waals surface area contributed by atoms with Crippen LogP contribution in [0.1, 0.15) is 25.3 Å². The monoisotopic (exact) mass is 244 g/mol. The number of hydrogen-bond acceptors (Lipinski definition) is 2. The van der Waals surface area contributed by atoms with Gasteiger partial charge < -0.3 is 10.2 Å². The van der Waals surface area contributed by atoms with Gasteiger partial charge in [0, 0.05) is 30.5 Å². The fraction of sp³-hybridized carbons (Fsp3) is 0.400. The van der Waals surface area contributed by atoms with Crippen molar-refractivity contribution in [3.8, 4) is 0 Å². The first-order valence-electron chi connectivity index (χ1n) is 6.46. The number of nitrogens with zero attached hydrogens (tertiary/aromatic N) is 1. The summed E-state index contributed by atoms with van der Waals surface area (Å²) in [5.74, 6) is -0.0475. The van der Waals surface area contributed by atoms with E-state index in [-0.39, 0.29) is 5.91 Å². The van der Waals surface area contributed by atoms with Gasteiger partial charge in [-0.05, 0) is 38.3 Å². The van der Waals surface area contributed by atoms with Crippen LogP contribution in [0.25, 0.3) is 0 Å². The molecule has 1 aliphatic heterocycles. The van der Waals surface area contributed by atoms with Crippen LogP contribution in [0, 0.1) is 6.92 Å². The van der Waals surface area contributed by atoms with Crippen molar-refractivity contribution in [2.45, 2.75) is 26.7 Å². The molecule has 0 saturated carbocycles. The van der Waals surface area contributed by atoms with E-state index in [0.717, 1.165) is 30.0 Å². The Hall–Kier alpha value is -1.77. The number of anilines is 1. The van der Waals surface area contributed by atoms with Crippen LogP contribution in [0.4, 0.5) is 5.69 Å². The number of para-hydroxylation sites is 1. The topological polar surface area (TPSA) is 32.3 Å². The maximum absolute atomic E-state index is 11.9. The predicted octanol–water partition coefficient (Wildman–Crippen LogP) is 2.93. The summed E-state index contributed by atoms with van der Waals surface area (Å²) in [5, 5.41) is 2.92. The second-order valence-corrected chi connectivity index (χ2v) is 4.78. The van der Waals surface area contributed by atoms with Crippen molar-refractivity contribution in [1.82, 2.24) is 4.90 Å². The van der Waals surface area contributed by atoms with E-state index in [4.69, 9.17) is 0 Å². The number of benzene rings is 1. The van der Waals surface area contributed by atoms with Crippen molar-refractivity contribution in [1.29, 1.82) is 0 Å². The molecule has 96 valence electrons. The van der Waals surface area contributed by atoms with E-state index in [9.17, 15) is 4.79 Å². The maximum atomic E-state index is 11.9. The Bertz CT molecular complexity index is 459. The standard InChI is InChI=1S/C15H20N2O/c1-12-7-3-4-8-14(12)16-15(18)11-13(2)17-9-5-6-10-17/h3-4,7-8,11H,5-6,9-10H2,1-2H3,(H,16,18)/b13-11-. The van der Waals surface area contributed by atoms with Crippen LogP contribution in [-0.4, -0.2) is 23.9 Å². The third kappa shape index (κ3) is 3.13. The molecule has 1 fully saturated rings. The predicted molar refractivity (Wildman–Crippen MR) is 74.4 cm³/mol. The molecule has 0 atom stereocenters. The molecule has 0 unspecified atom stereocenters. The lowest BCUT2D eigenvalue weighted by atomic mass is 10.2. The van der Waals surface area contributed by atoms with Crippen LogP contribution in [0.3, 0.4) is 0 Å². The molecule has 1 aliphatic rings. The van der Waals surface area contributed by atoms with Gasteiger partial charge in [-0.3, -0.25) is 4.79 Å². The number of carbonyl (C=O) groups excluding carboxylic acids is 1. The van der Waals surface area contributed by atoms with Gasteiger partial charge in [0.05, 0.1) is 0 Å². The molecule has 0 spiro atoms. The number of aryl methyl sites for hydroxylation is 1. The lowest BCUT2D eigenvalue weighted by molar-refractivity contribution is -0.112. The third-order valence-corrected chi connectivity index (χ3v) is 3.35. The van der Waals surface area contributed by atoms with Crippen molar-refractivity contribution in [3.63, 3.8) is 0 Å². The Balaban J connectivity index is 2.00. The number of nitrogens with one attached hydrogen (secondary N) is 1. The maximum Gasteiger partial charge on any atom is 0.250 e. The molecule has 1 aromatic carbocycles. The van der Waals surface area contributed by atoms with Gasteiger partial charge in [0.15, 0.2) is 0 Å². The van der Waals surface area contributed by atoms with E-state index >= 15 is 0 Å². The van der Waals surface area contributed by atoms with E-state index in [0.29, 0.717) is 0 Å². The lowest BCUT2D eigenvalue weighted by Crippen LogP contribution is -2.19. The van der Waals surface area contributed by atoms with E-state index in [1.165, 1.54) is 12.8 Å². The minimum absolute atomic E-state index is 0.0475. The van der Waals surface area contributed by atoms with Crippen LogP contribution in [0.15, 0.2) is 36.0 Å². The van der Waals surface area contributed by atoms with Crippen LogP contribution in [0.2, 0.25) is 0 Å². The molecular formula is C15H20N2O. The highest BCUT2D eigenvalue weighted by atomic mass is 16.1. The molecule has 0 aromatic heterocycles. The number of amides is 1. The van der Waals surface area contributed by atoms with E-state index in [2.05, 4.69) is 10.2 Å². The van der Waals surface area contributed by atoms with Crippen LogP contribution >= 0.6 is 0 Å². The first-order chi connectivity index (χ1) is 8.66. The third-order valence-electron chi connectivity index (χ3n) is 3.35. The second-order valence-electron chi connectivity index (χ2n) is 4.78. The van der Waals surface area contributed by atoms with E-state index in [1.54, 1.807) is 6.08 Å². The van der Waals surface area contributed by atoms with Crippen molar-refractivity contribution in [2.24, 2.45) is 0 Å². The molecule has 18 heavy (non-hydrogen) atoms. The summed E-state index contributed by atoms with van der Waals surface area (Å²) in [5.41, 5.74) is 3.02. The zero-order valence-corrected chi connectivity index (χ0v) is 11.1. The van der Waals surface area contributed by atoms with Gasteiger partial charge in [0.25, 0.3) is 0 Å². The van der Waals surface area contributed by atoms with Crippen molar-refractivity contribution in [2.75, 3.05) is 18.4 Å². The zero-order valence-electron chi connectivity index (χ0n) is 11.1. The van der Waals surface area contributed by atoms with Gasteiger partial charge in [-0.15, -0.1) is 0 Å². The summed E-state index contributed by atoms with van der Waals surface area (Å²) in [6.45, 7) is 6.13. The van der Waals surface area contributed by atoms with Gasteiger partial charge in [0.2, 0.25) is 5.91 Å². The fourth-order valence-electron chi connectivity index (χ4n) is 2.23. The lowest BCUT2D eigenvalue weighted by Gasteiger charge is -2.17. The molecule has 1 saturated heterocycles. The number of likely N-dealkylation sites (tertiary alicyclic amines) is 1. The highest BCUT2D eigenvalue weighted by Crippen LogP contribution is 2.15. The van der Waals surface area contributed by atoms with Crippen molar-refractivity contribution in [3.05, 3.63) is 41.6 Å². The summed E-state index contributed by atoms with van der Waals surface area (Å²) in [6.07, 6.45) is 4.15. The van der Waals surface area contributed by atoms with E-state index in [1.807, 2.05) is 38.1 Å². The van der Waals surface area contributed by atoms with Gasteiger partial charge >= 0.3 is 0 Å². The van der Waals surface area contributed by atoms with Crippen molar-refractivity contribution >= 4 is 11.6 Å². The fourth-order valence-corrected chi connectivity index (χ4v) is 2.23. The Kier molecular flexibility index (Phi) is 4.03. The minimum atomic E-state index is -0.0475. The zero-order chi connectivity index (χ0) is 13.0. The Morgan fingerprint density at radius 1 is 1.28 bits per heavy atom. The molecule has 1 heterocycles. The van der Waals surface area contributed by atoms with Gasteiger partial charge in [0.1, 0.15) is 0 Å². The molecule has 0 bridgehead atoms. The Morgan fingerprint density at radius 3 is 2.61 bits per heavy atom. The molecule has 1 amide bonds. The van der Waals surface area contributed by atoms with Crippen LogP contribution < -0.4 is 5.32 Å². The van der Waals surface area contributed by atoms with Crippen molar-refractivity contribution < 1.29 is 4.79 Å². The summed E-state index contributed by atoms with van der Waals surface area (Å²) >= 11 is 0. The van der Waals surface area contributed by atoms with Gasteiger partial charge in [-0.1, -0.05) is 18.2 Å². The molecule has 1 aromatic rings. The summed E-state index contributed by atoms with van der Waals surface area (Å²) in [7, 11) is 0. The Labute approximate surface area is 108 Å². The van der Waals surface area contributed by atoms with Crippen LogP contribution in [0.5, 0.6) is 0 Å². The molecule has 3 nitrogen and oxygen atoms in total. The Morgan fingerprint density at radius 2 is 1.94 bits per heavy atom. The molecule has 2 rings (SSSR count). The first-order valence-corrected chi connectivity index (χ1v) is 6.46. The van der Waals surface area contributed by atoms with Gasteiger partial charge in [-0.2, -0.15) is 0 Å². The molecule has 0 aliphatic carbocycles. The number of hydrogen-bond donors (Lipinski definition) is 1. The first kappa shape index (κ1) is 12.7. The van der Waals surface area contributed by atoms with Gasteiger partial charge in [-0.25, -0.2) is 0 Å². The molecule has 0 radical (unpaired) electrons. The smallest absolute Gasteiger partial charge is 0.250 e. The number of carbonyl (C=O) groups is 1. The highest BCUT2D eigenvalue weighted by Gasteiger charge is 2.12. The largest absolute Gasteiger partial charge is 0.375 e. The quantitative estimate of drug-likeness (QED) is 0.829. The van der Waals surface area contributed by atoms with E-state index < -0.39 is 0 Å². The summed E-state index contributed by atoms with van der Waals surface area (Å²) in [6, 6.07) is 7.81. The number of allylic oxidation sites excluding steroid dienone is 1. The molecule has 3 heteroatoms. The molecular weight excluding hydrogens is 224 g/mol. The highest BCUT2D eigenvalue weighted by molar-refractivity contribution is 6.00.